The van der Waals surface area contributed by atoms with Crippen molar-refractivity contribution in [3.63, 3.8) is 0 Å². The summed E-state index contributed by atoms with van der Waals surface area (Å²) in [6.45, 7) is 4.69. The summed E-state index contributed by atoms with van der Waals surface area (Å²) in [4.78, 5) is 32.6. The number of likely N-dealkylation sites (N-methyl/N-ethyl adjacent to an activating group) is 1. The second kappa shape index (κ2) is 10.9. The molecule has 0 unspecified atom stereocenters. The van der Waals surface area contributed by atoms with E-state index in [1.807, 2.05) is 17.0 Å². The Hall–Kier alpha value is -2.74. The second-order valence-electron chi connectivity index (χ2n) is 10.2. The monoisotopic (exact) mass is 543 g/mol. The maximum atomic E-state index is 13.3. The Balaban J connectivity index is 1.28. The highest BCUT2D eigenvalue weighted by Gasteiger charge is 2.40. The highest BCUT2D eigenvalue weighted by Crippen LogP contribution is 2.37. The van der Waals surface area contributed by atoms with Gasteiger partial charge >= 0.3 is 0 Å². The minimum Gasteiger partial charge on any atom is -0.493 e. The van der Waals surface area contributed by atoms with Crippen molar-refractivity contribution in [3.05, 3.63) is 64.3 Å². The van der Waals surface area contributed by atoms with Crippen molar-refractivity contribution in [3.8, 4) is 5.75 Å². The third-order valence-corrected chi connectivity index (χ3v) is 8.03. The van der Waals surface area contributed by atoms with Crippen LogP contribution in [0.4, 0.5) is 0 Å². The lowest BCUT2D eigenvalue weighted by molar-refractivity contribution is -0.136. The van der Waals surface area contributed by atoms with Crippen molar-refractivity contribution in [2.45, 2.75) is 19.3 Å². The van der Waals surface area contributed by atoms with Crippen LogP contribution in [0.2, 0.25) is 10.0 Å². The maximum Gasteiger partial charge on any atom is 0.289 e. The van der Waals surface area contributed by atoms with Gasteiger partial charge in [0.25, 0.3) is 5.91 Å². The van der Waals surface area contributed by atoms with Crippen LogP contribution in [-0.2, 0) is 4.79 Å². The number of fused-ring (bicyclic) bond motifs is 1. The summed E-state index contributed by atoms with van der Waals surface area (Å²) in [5.74, 6) is 1.03. The smallest absolute Gasteiger partial charge is 0.289 e. The van der Waals surface area contributed by atoms with Crippen LogP contribution in [0, 0.1) is 5.41 Å². The number of piperidine rings is 1. The summed E-state index contributed by atoms with van der Waals surface area (Å²) in [7, 11) is 2.08. The van der Waals surface area contributed by atoms with Crippen molar-refractivity contribution >= 4 is 46.0 Å². The Bertz CT molecular complexity index is 1260. The van der Waals surface area contributed by atoms with E-state index in [0.29, 0.717) is 60.3 Å². The van der Waals surface area contributed by atoms with E-state index in [9.17, 15) is 9.59 Å². The minimum atomic E-state index is -0.363. The van der Waals surface area contributed by atoms with Crippen LogP contribution in [-0.4, -0.2) is 79.4 Å². The molecule has 2 saturated heterocycles. The van der Waals surface area contributed by atoms with Crippen LogP contribution in [0.5, 0.6) is 5.75 Å². The molecule has 2 aromatic carbocycles. The number of amides is 2. The molecule has 7 nitrogen and oxygen atoms in total. The number of carbonyl (C=O) groups is 2. The third kappa shape index (κ3) is 6.06. The van der Waals surface area contributed by atoms with Gasteiger partial charge < -0.3 is 23.9 Å². The molecular weight excluding hydrogens is 513 g/mol. The molecule has 0 spiro atoms. The van der Waals surface area contributed by atoms with E-state index in [4.69, 9.17) is 32.4 Å². The number of likely N-dealkylation sites (tertiary alicyclic amines) is 1. The van der Waals surface area contributed by atoms with Gasteiger partial charge in [-0.1, -0.05) is 23.2 Å². The van der Waals surface area contributed by atoms with Crippen LogP contribution in [0.1, 0.15) is 29.8 Å². The summed E-state index contributed by atoms with van der Waals surface area (Å²) >= 11 is 12.1. The Morgan fingerprint density at radius 2 is 1.57 bits per heavy atom. The van der Waals surface area contributed by atoms with Crippen LogP contribution < -0.4 is 4.74 Å². The van der Waals surface area contributed by atoms with Gasteiger partial charge in [0, 0.05) is 66.5 Å². The lowest BCUT2D eigenvalue weighted by atomic mass is 9.75. The van der Waals surface area contributed by atoms with Crippen LogP contribution in [0.3, 0.4) is 0 Å². The molecule has 0 atom stereocenters. The fraction of sp³-hybridized carbons (Fsp3) is 0.429. The summed E-state index contributed by atoms with van der Waals surface area (Å²) in [5.41, 5.74) is 0.270. The van der Waals surface area contributed by atoms with E-state index >= 15 is 0 Å². The number of piperazine rings is 1. The van der Waals surface area contributed by atoms with Gasteiger partial charge in [-0.15, -0.1) is 0 Å². The van der Waals surface area contributed by atoms with E-state index < -0.39 is 0 Å². The maximum absolute atomic E-state index is 13.3. The number of carbonyl (C=O) groups excluding carboxylic acids is 2. The highest BCUT2D eigenvalue weighted by atomic mass is 35.5. The molecule has 5 rings (SSSR count). The zero-order chi connectivity index (χ0) is 26.0. The molecule has 2 amide bonds. The van der Waals surface area contributed by atoms with Gasteiger partial charge in [0.15, 0.2) is 5.76 Å². The van der Waals surface area contributed by atoms with Crippen molar-refractivity contribution in [1.29, 1.82) is 0 Å². The van der Waals surface area contributed by atoms with E-state index in [2.05, 4.69) is 11.9 Å². The molecule has 2 aliphatic heterocycles. The van der Waals surface area contributed by atoms with Gasteiger partial charge in [0.1, 0.15) is 11.3 Å². The van der Waals surface area contributed by atoms with Gasteiger partial charge in [0.2, 0.25) is 5.91 Å². The first kappa shape index (κ1) is 25.9. The number of hydrogen-bond acceptors (Lipinski definition) is 5. The number of hydrogen-bond donors (Lipinski definition) is 0. The molecule has 0 N–H and O–H groups in total. The molecule has 9 heteroatoms. The van der Waals surface area contributed by atoms with E-state index in [0.717, 1.165) is 37.3 Å². The average molecular weight is 544 g/mol. The van der Waals surface area contributed by atoms with Gasteiger partial charge in [-0.2, -0.15) is 0 Å². The molecule has 3 aromatic rings. The topological polar surface area (TPSA) is 66.2 Å². The molecule has 2 fully saturated rings. The largest absolute Gasteiger partial charge is 0.493 e. The van der Waals surface area contributed by atoms with E-state index in [-0.39, 0.29) is 17.2 Å². The molecule has 37 heavy (non-hydrogen) atoms. The Morgan fingerprint density at radius 1 is 0.892 bits per heavy atom. The molecule has 3 heterocycles. The minimum absolute atomic E-state index is 0.148. The zero-order valence-corrected chi connectivity index (χ0v) is 22.4. The van der Waals surface area contributed by atoms with Crippen LogP contribution in [0.25, 0.3) is 11.0 Å². The van der Waals surface area contributed by atoms with Crippen LogP contribution in [0.15, 0.2) is 52.9 Å². The number of halogens is 2. The predicted octanol–water partition coefficient (Wildman–Crippen LogP) is 5.21. The van der Waals surface area contributed by atoms with Crippen molar-refractivity contribution < 1.29 is 18.7 Å². The molecule has 0 saturated carbocycles. The summed E-state index contributed by atoms with van der Waals surface area (Å²) in [6, 6.07) is 14.3. The standard InChI is InChI=1S/C28H31Cl2N3O4/c1-31-12-14-32(15-13-31)26(34)18-28(19-36-23-5-2-21(29)3-6-23)8-10-33(11-9-28)27(35)25-17-20-16-22(30)4-7-24(20)37-25/h2-7,16-17H,8-15,18-19H2,1H3. The van der Waals surface area contributed by atoms with Crippen molar-refractivity contribution in [2.24, 2.45) is 5.41 Å². The van der Waals surface area contributed by atoms with Crippen LogP contribution >= 0.6 is 23.2 Å². The molecule has 0 bridgehead atoms. The van der Waals surface area contributed by atoms with Gasteiger partial charge in [-0.05, 0) is 68.4 Å². The quantitative estimate of drug-likeness (QED) is 0.427. The van der Waals surface area contributed by atoms with Crippen molar-refractivity contribution in [2.75, 3.05) is 52.9 Å². The van der Waals surface area contributed by atoms with Gasteiger partial charge in [-0.25, -0.2) is 0 Å². The zero-order valence-electron chi connectivity index (χ0n) is 20.9. The summed E-state index contributed by atoms with van der Waals surface area (Å²) < 4.78 is 12.0. The fourth-order valence-corrected chi connectivity index (χ4v) is 5.39. The molecule has 0 radical (unpaired) electrons. The number of nitrogens with zero attached hydrogens (tertiary/aromatic N) is 3. The molecule has 196 valence electrons. The first-order chi connectivity index (χ1) is 17.8. The fourth-order valence-electron chi connectivity index (χ4n) is 5.09. The predicted molar refractivity (Wildman–Crippen MR) is 144 cm³/mol. The summed E-state index contributed by atoms with van der Waals surface area (Å²) in [5, 5.41) is 2.05. The lowest BCUT2D eigenvalue weighted by Crippen LogP contribution is -2.51. The SMILES string of the molecule is CN1CCN(C(=O)CC2(COc3ccc(Cl)cc3)CCN(C(=O)c3cc4cc(Cl)ccc4o3)CC2)CC1. The van der Waals surface area contributed by atoms with Gasteiger partial charge in [0.05, 0.1) is 6.61 Å². The number of ether oxygens (including phenoxy) is 1. The molecule has 0 aliphatic carbocycles. The average Bonchev–Trinajstić information content (AvgIpc) is 3.32. The Labute approximate surface area is 226 Å². The van der Waals surface area contributed by atoms with E-state index in [1.165, 1.54) is 0 Å². The second-order valence-corrected chi connectivity index (χ2v) is 11.1. The van der Waals surface area contributed by atoms with E-state index in [1.54, 1.807) is 41.3 Å². The molecular formula is C28H31Cl2N3O4. The van der Waals surface area contributed by atoms with Crippen molar-refractivity contribution in [1.82, 2.24) is 14.7 Å². The molecule has 1 aromatic heterocycles. The van der Waals surface area contributed by atoms with Gasteiger partial charge in [-0.3, -0.25) is 9.59 Å². The number of furan rings is 1. The Morgan fingerprint density at radius 3 is 2.27 bits per heavy atom. The normalized spacial score (nSPS) is 18.2. The number of rotatable bonds is 6. The molecule has 2 aliphatic rings. The number of benzene rings is 2. The highest BCUT2D eigenvalue weighted by molar-refractivity contribution is 6.31. The third-order valence-electron chi connectivity index (χ3n) is 7.54. The first-order valence-electron chi connectivity index (χ1n) is 12.6. The Kier molecular flexibility index (Phi) is 7.65. The summed E-state index contributed by atoms with van der Waals surface area (Å²) in [6.07, 6.45) is 1.73. The first-order valence-corrected chi connectivity index (χ1v) is 13.4. The lowest BCUT2D eigenvalue weighted by Gasteiger charge is -2.42.